The molecule has 3 heterocycles. The Morgan fingerprint density at radius 3 is 2.68 bits per heavy atom. The van der Waals surface area contributed by atoms with E-state index in [0.717, 1.165) is 62.4 Å². The number of benzene rings is 1. The lowest BCUT2D eigenvalue weighted by Gasteiger charge is -2.37. The van der Waals surface area contributed by atoms with Gasteiger partial charge in [-0.3, -0.25) is 4.90 Å². The number of nitrogen functional groups attached to an aromatic ring is 1. The minimum Gasteiger partial charge on any atom is -0.399 e. The monoisotopic (exact) mass is 455 g/mol. The first-order valence-electron chi connectivity index (χ1n) is 10.3. The third-order valence-corrected chi connectivity index (χ3v) is 6.10. The van der Waals surface area contributed by atoms with Gasteiger partial charge in [0.1, 0.15) is 5.82 Å². The van der Waals surface area contributed by atoms with Gasteiger partial charge in [-0.25, -0.2) is 9.97 Å². The number of hydrogen-bond acceptors (Lipinski definition) is 6. The number of nitrogens with one attached hydrogen (secondary N) is 1. The Hall–Kier alpha value is -2.10. The molecule has 3 N–H and O–H groups in total. The van der Waals surface area contributed by atoms with Crippen LogP contribution in [0.25, 0.3) is 0 Å². The largest absolute Gasteiger partial charge is 0.416 e. The summed E-state index contributed by atoms with van der Waals surface area (Å²) in [5.41, 5.74) is 7.26. The Morgan fingerprint density at radius 2 is 1.97 bits per heavy atom. The number of hydrogen-bond donors (Lipinski definition) is 2. The van der Waals surface area contributed by atoms with Gasteiger partial charge in [0.2, 0.25) is 5.28 Å². The fraction of sp³-hybridized carbons (Fsp3) is 0.524. The summed E-state index contributed by atoms with van der Waals surface area (Å²) in [7, 11) is 0. The zero-order chi connectivity index (χ0) is 22.2. The third kappa shape index (κ3) is 5.05. The second-order valence-electron chi connectivity index (χ2n) is 8.08. The summed E-state index contributed by atoms with van der Waals surface area (Å²) in [6, 6.07) is 3.56. The predicted molar refractivity (Wildman–Crippen MR) is 113 cm³/mol. The molecule has 1 saturated heterocycles. The molecule has 0 bridgehead atoms. The van der Waals surface area contributed by atoms with Crippen molar-refractivity contribution in [1.29, 1.82) is 0 Å². The average molecular weight is 456 g/mol. The maximum absolute atomic E-state index is 13.2. The van der Waals surface area contributed by atoms with Crippen molar-refractivity contribution in [2.45, 2.75) is 51.0 Å². The number of halogens is 4. The highest BCUT2D eigenvalue weighted by Crippen LogP contribution is 2.34. The van der Waals surface area contributed by atoms with E-state index in [1.807, 2.05) is 0 Å². The smallest absolute Gasteiger partial charge is 0.399 e. The molecule has 2 aromatic rings. The van der Waals surface area contributed by atoms with E-state index in [4.69, 9.17) is 22.1 Å². The SMILES string of the molecule is C[C@@H](Nc1nc(Cl)nc2c1CN(C1CCOCC1)CC2)c1cc(N)cc(C(F)(F)F)c1. The molecule has 1 aromatic heterocycles. The maximum atomic E-state index is 13.2. The molecular formula is C21H25ClF3N5O. The lowest BCUT2D eigenvalue weighted by molar-refractivity contribution is -0.137. The van der Waals surface area contributed by atoms with Crippen molar-refractivity contribution in [1.82, 2.24) is 14.9 Å². The highest BCUT2D eigenvalue weighted by atomic mass is 35.5. The Bertz CT molecular complexity index is 949. The molecule has 1 atom stereocenters. The molecule has 1 fully saturated rings. The summed E-state index contributed by atoms with van der Waals surface area (Å²) < 4.78 is 45.1. The van der Waals surface area contributed by atoms with E-state index >= 15 is 0 Å². The minimum absolute atomic E-state index is 0.0620. The first-order valence-corrected chi connectivity index (χ1v) is 10.7. The molecule has 168 valence electrons. The van der Waals surface area contributed by atoms with Crippen molar-refractivity contribution in [2.24, 2.45) is 0 Å². The van der Waals surface area contributed by atoms with Gasteiger partial charge in [-0.1, -0.05) is 0 Å². The van der Waals surface area contributed by atoms with E-state index in [1.54, 1.807) is 6.92 Å². The van der Waals surface area contributed by atoms with Gasteiger partial charge in [0.15, 0.2) is 0 Å². The van der Waals surface area contributed by atoms with Crippen LogP contribution < -0.4 is 11.1 Å². The number of nitrogens with zero attached hydrogens (tertiary/aromatic N) is 3. The maximum Gasteiger partial charge on any atom is 0.416 e. The predicted octanol–water partition coefficient (Wildman–Crippen LogP) is 4.44. The first-order chi connectivity index (χ1) is 14.7. The Morgan fingerprint density at radius 1 is 1.23 bits per heavy atom. The Kier molecular flexibility index (Phi) is 6.27. The van der Waals surface area contributed by atoms with Gasteiger partial charge in [0.25, 0.3) is 0 Å². The van der Waals surface area contributed by atoms with Crippen LogP contribution in [0, 0.1) is 0 Å². The van der Waals surface area contributed by atoms with Gasteiger partial charge >= 0.3 is 6.18 Å². The van der Waals surface area contributed by atoms with Crippen LogP contribution in [0.5, 0.6) is 0 Å². The van der Waals surface area contributed by atoms with Gasteiger partial charge in [-0.2, -0.15) is 13.2 Å². The zero-order valence-corrected chi connectivity index (χ0v) is 17.9. The Labute approximate surface area is 183 Å². The topological polar surface area (TPSA) is 76.3 Å². The molecule has 0 aliphatic carbocycles. The molecule has 2 aliphatic rings. The molecule has 10 heteroatoms. The van der Waals surface area contributed by atoms with Gasteiger partial charge in [0, 0.05) is 50.0 Å². The molecule has 1 aromatic carbocycles. The standard InChI is InChI=1S/C21H25ClF3N5O/c1-12(13-8-14(21(23,24)25)10-15(26)9-13)27-19-17-11-30(16-3-6-31-7-4-16)5-2-18(17)28-20(22)29-19/h8-10,12,16H,2-7,11,26H2,1H3,(H,27,28,29)/t12-/m1/s1. The van der Waals surface area contributed by atoms with Crippen molar-refractivity contribution in [3.63, 3.8) is 0 Å². The van der Waals surface area contributed by atoms with E-state index < -0.39 is 17.8 Å². The molecule has 4 rings (SSSR count). The van der Waals surface area contributed by atoms with E-state index in [9.17, 15) is 13.2 Å². The average Bonchev–Trinajstić information content (AvgIpc) is 2.73. The summed E-state index contributed by atoms with van der Waals surface area (Å²) in [6.07, 6.45) is -1.77. The quantitative estimate of drug-likeness (QED) is 0.524. The number of ether oxygens (including phenoxy) is 1. The molecule has 6 nitrogen and oxygen atoms in total. The van der Waals surface area contributed by atoms with Crippen LogP contribution in [0.3, 0.4) is 0 Å². The van der Waals surface area contributed by atoms with Gasteiger partial charge in [-0.05, 0) is 55.1 Å². The molecule has 0 radical (unpaired) electrons. The third-order valence-electron chi connectivity index (χ3n) is 5.93. The van der Waals surface area contributed by atoms with Crippen molar-refractivity contribution >= 4 is 23.1 Å². The zero-order valence-electron chi connectivity index (χ0n) is 17.2. The number of aromatic nitrogens is 2. The lowest BCUT2D eigenvalue weighted by Crippen LogP contribution is -2.43. The molecule has 0 unspecified atom stereocenters. The normalized spacial score (nSPS) is 19.1. The fourth-order valence-corrected chi connectivity index (χ4v) is 4.45. The van der Waals surface area contributed by atoms with Crippen molar-refractivity contribution < 1.29 is 17.9 Å². The summed E-state index contributed by atoms with van der Waals surface area (Å²) >= 11 is 6.15. The van der Waals surface area contributed by atoms with Crippen LogP contribution in [0.15, 0.2) is 18.2 Å². The number of alkyl halides is 3. The van der Waals surface area contributed by atoms with Crippen LogP contribution >= 0.6 is 11.6 Å². The van der Waals surface area contributed by atoms with Crippen LogP contribution in [0.2, 0.25) is 5.28 Å². The van der Waals surface area contributed by atoms with Crippen LogP contribution in [-0.2, 0) is 23.9 Å². The second kappa shape index (κ2) is 8.80. The molecule has 0 spiro atoms. The first kappa shape index (κ1) is 22.1. The van der Waals surface area contributed by atoms with Crippen molar-refractivity contribution in [3.05, 3.63) is 45.9 Å². The van der Waals surface area contributed by atoms with Gasteiger partial charge in [0.05, 0.1) is 17.3 Å². The molecule has 0 saturated carbocycles. The summed E-state index contributed by atoms with van der Waals surface area (Å²) in [6.45, 7) is 4.83. The molecular weight excluding hydrogens is 431 g/mol. The highest BCUT2D eigenvalue weighted by Gasteiger charge is 2.32. The van der Waals surface area contributed by atoms with Crippen LogP contribution in [0.4, 0.5) is 24.7 Å². The lowest BCUT2D eigenvalue weighted by atomic mass is 9.99. The number of anilines is 2. The van der Waals surface area contributed by atoms with Crippen LogP contribution in [-0.4, -0.2) is 40.7 Å². The second-order valence-corrected chi connectivity index (χ2v) is 8.42. The minimum atomic E-state index is -4.47. The molecule has 31 heavy (non-hydrogen) atoms. The Balaban J connectivity index is 1.59. The van der Waals surface area contributed by atoms with Crippen molar-refractivity contribution in [3.8, 4) is 0 Å². The molecule has 2 aliphatic heterocycles. The molecule has 0 amide bonds. The summed E-state index contributed by atoms with van der Waals surface area (Å²) in [5.74, 6) is 0.551. The highest BCUT2D eigenvalue weighted by molar-refractivity contribution is 6.28. The summed E-state index contributed by atoms with van der Waals surface area (Å²) in [4.78, 5) is 11.2. The van der Waals surface area contributed by atoms with Gasteiger partial charge in [-0.15, -0.1) is 0 Å². The number of nitrogens with two attached hydrogens (primary N) is 1. The summed E-state index contributed by atoms with van der Waals surface area (Å²) in [5, 5.41) is 3.37. The van der Waals surface area contributed by atoms with Gasteiger partial charge < -0.3 is 15.8 Å². The van der Waals surface area contributed by atoms with Crippen LogP contribution in [0.1, 0.15) is 48.2 Å². The van der Waals surface area contributed by atoms with E-state index in [2.05, 4.69) is 20.2 Å². The number of fused-ring (bicyclic) bond motifs is 1. The number of rotatable bonds is 4. The van der Waals surface area contributed by atoms with E-state index in [-0.39, 0.29) is 11.0 Å². The van der Waals surface area contributed by atoms with E-state index in [1.165, 1.54) is 6.07 Å². The van der Waals surface area contributed by atoms with E-state index in [0.29, 0.717) is 24.0 Å². The fourth-order valence-electron chi connectivity index (χ4n) is 4.26. The van der Waals surface area contributed by atoms with Crippen molar-refractivity contribution in [2.75, 3.05) is 30.8 Å².